The predicted octanol–water partition coefficient (Wildman–Crippen LogP) is 3.46. The number of hydrogen-bond donors (Lipinski definition) is 1. The lowest BCUT2D eigenvalue weighted by atomic mass is 10.1. The highest BCUT2D eigenvalue weighted by Crippen LogP contribution is 2.30. The van der Waals surface area contributed by atoms with Crippen molar-refractivity contribution in [3.05, 3.63) is 71.8 Å². The minimum absolute atomic E-state index is 0.173. The van der Waals surface area contributed by atoms with Gasteiger partial charge in [0.25, 0.3) is 0 Å². The molecule has 0 amide bonds. The highest BCUT2D eigenvalue weighted by molar-refractivity contribution is 7.89. The molecule has 1 aliphatic rings. The van der Waals surface area contributed by atoms with Crippen molar-refractivity contribution < 1.29 is 17.9 Å². The Labute approximate surface area is 164 Å². The van der Waals surface area contributed by atoms with Gasteiger partial charge in [0.15, 0.2) is 0 Å². The molecule has 1 atom stereocenters. The van der Waals surface area contributed by atoms with E-state index in [9.17, 15) is 13.2 Å². The molecule has 28 heavy (non-hydrogen) atoms. The van der Waals surface area contributed by atoms with Gasteiger partial charge in [-0.15, -0.1) is 0 Å². The average Bonchev–Trinajstić information content (AvgIpc) is 3.08. The second-order valence-electron chi connectivity index (χ2n) is 7.13. The number of fused-ring (bicyclic) bond motifs is 2. The SMILES string of the molecule is CC(=O)Oc1ccc2c(c1)CC(CNS(=O)(=O)c1cccc3ccccc13)C2. The van der Waals surface area contributed by atoms with Crippen LogP contribution >= 0.6 is 0 Å². The first kappa shape index (κ1) is 18.7. The largest absolute Gasteiger partial charge is 0.427 e. The molecule has 1 N–H and O–H groups in total. The van der Waals surface area contributed by atoms with Crippen LogP contribution in [-0.2, 0) is 27.7 Å². The summed E-state index contributed by atoms with van der Waals surface area (Å²) in [5, 5.41) is 1.62. The summed E-state index contributed by atoms with van der Waals surface area (Å²) in [5.74, 6) is 0.355. The van der Waals surface area contributed by atoms with Gasteiger partial charge in [-0.25, -0.2) is 13.1 Å². The molecule has 0 heterocycles. The van der Waals surface area contributed by atoms with E-state index >= 15 is 0 Å². The van der Waals surface area contributed by atoms with Gasteiger partial charge in [-0.2, -0.15) is 0 Å². The third-order valence-corrected chi connectivity index (χ3v) is 6.54. The normalized spacial score (nSPS) is 16.1. The topological polar surface area (TPSA) is 72.5 Å². The van der Waals surface area contributed by atoms with Gasteiger partial charge in [-0.05, 0) is 53.5 Å². The molecule has 1 aliphatic carbocycles. The highest BCUT2D eigenvalue weighted by atomic mass is 32.2. The number of sulfonamides is 1. The fourth-order valence-electron chi connectivity index (χ4n) is 3.79. The minimum Gasteiger partial charge on any atom is -0.427 e. The smallest absolute Gasteiger partial charge is 0.308 e. The van der Waals surface area contributed by atoms with E-state index in [2.05, 4.69) is 4.72 Å². The minimum atomic E-state index is -3.61. The quantitative estimate of drug-likeness (QED) is 0.530. The van der Waals surface area contributed by atoms with Crippen LogP contribution in [0.4, 0.5) is 0 Å². The highest BCUT2D eigenvalue weighted by Gasteiger charge is 2.25. The van der Waals surface area contributed by atoms with Gasteiger partial charge >= 0.3 is 5.97 Å². The number of hydrogen-bond acceptors (Lipinski definition) is 4. The molecule has 1 unspecified atom stereocenters. The standard InChI is InChI=1S/C22H21NO4S/c1-15(24)27-20-10-9-18-11-16(12-19(18)13-20)14-23-28(25,26)22-8-4-6-17-5-2-3-7-21(17)22/h2-10,13,16,23H,11-12,14H2,1H3. The van der Waals surface area contributed by atoms with Crippen molar-refractivity contribution in [2.75, 3.05) is 6.54 Å². The lowest BCUT2D eigenvalue weighted by Crippen LogP contribution is -2.29. The Morgan fingerprint density at radius 2 is 1.79 bits per heavy atom. The Bertz CT molecular complexity index is 1150. The zero-order valence-corrected chi connectivity index (χ0v) is 16.3. The summed E-state index contributed by atoms with van der Waals surface area (Å²) in [6.45, 7) is 1.74. The number of nitrogens with one attached hydrogen (secondary N) is 1. The van der Waals surface area contributed by atoms with Gasteiger partial charge in [0, 0.05) is 18.9 Å². The van der Waals surface area contributed by atoms with E-state index in [1.54, 1.807) is 18.2 Å². The third-order valence-electron chi connectivity index (χ3n) is 5.06. The van der Waals surface area contributed by atoms with E-state index in [1.165, 1.54) is 12.5 Å². The van der Waals surface area contributed by atoms with Crippen LogP contribution in [0.15, 0.2) is 65.6 Å². The van der Waals surface area contributed by atoms with Crippen molar-refractivity contribution in [3.63, 3.8) is 0 Å². The van der Waals surface area contributed by atoms with Crippen LogP contribution < -0.4 is 9.46 Å². The van der Waals surface area contributed by atoms with Crippen LogP contribution in [-0.4, -0.2) is 20.9 Å². The molecule has 0 spiro atoms. The number of ether oxygens (including phenoxy) is 1. The Morgan fingerprint density at radius 1 is 1.04 bits per heavy atom. The molecule has 6 heteroatoms. The van der Waals surface area contributed by atoms with Gasteiger partial charge < -0.3 is 4.74 Å². The molecular formula is C22H21NO4S. The number of carbonyl (C=O) groups excluding carboxylic acids is 1. The van der Waals surface area contributed by atoms with Gasteiger partial charge in [0.2, 0.25) is 10.0 Å². The van der Waals surface area contributed by atoms with Crippen molar-refractivity contribution in [1.29, 1.82) is 0 Å². The van der Waals surface area contributed by atoms with Crippen molar-refractivity contribution in [1.82, 2.24) is 4.72 Å². The summed E-state index contributed by atoms with van der Waals surface area (Å²) in [4.78, 5) is 11.4. The number of rotatable bonds is 5. The first-order valence-corrected chi connectivity index (χ1v) is 10.7. The maximum absolute atomic E-state index is 12.9. The zero-order chi connectivity index (χ0) is 19.7. The van der Waals surface area contributed by atoms with Crippen LogP contribution in [0.5, 0.6) is 5.75 Å². The molecule has 0 saturated heterocycles. The van der Waals surface area contributed by atoms with Gasteiger partial charge in [-0.3, -0.25) is 4.79 Å². The molecule has 4 rings (SSSR count). The molecule has 0 aliphatic heterocycles. The molecular weight excluding hydrogens is 374 g/mol. The van der Waals surface area contributed by atoms with E-state index in [0.29, 0.717) is 17.2 Å². The van der Waals surface area contributed by atoms with E-state index in [-0.39, 0.29) is 11.9 Å². The van der Waals surface area contributed by atoms with E-state index in [0.717, 1.165) is 29.2 Å². The molecule has 0 bridgehead atoms. The van der Waals surface area contributed by atoms with Crippen LogP contribution in [0.1, 0.15) is 18.1 Å². The Kier molecular flexibility index (Phi) is 4.91. The van der Waals surface area contributed by atoms with Gasteiger partial charge in [0.1, 0.15) is 5.75 Å². The molecule has 0 aromatic heterocycles. The fraction of sp³-hybridized carbons (Fsp3) is 0.227. The van der Waals surface area contributed by atoms with Crippen molar-refractivity contribution in [2.45, 2.75) is 24.7 Å². The summed E-state index contributed by atoms with van der Waals surface area (Å²) >= 11 is 0. The van der Waals surface area contributed by atoms with E-state index < -0.39 is 10.0 Å². The summed E-state index contributed by atoms with van der Waals surface area (Å²) in [5.41, 5.74) is 2.28. The summed E-state index contributed by atoms with van der Waals surface area (Å²) < 4.78 is 33.7. The Morgan fingerprint density at radius 3 is 2.61 bits per heavy atom. The summed E-state index contributed by atoms with van der Waals surface area (Å²) in [6.07, 6.45) is 1.55. The monoisotopic (exact) mass is 395 g/mol. The predicted molar refractivity (Wildman–Crippen MR) is 108 cm³/mol. The first-order chi connectivity index (χ1) is 13.4. The molecule has 0 fully saturated rings. The zero-order valence-electron chi connectivity index (χ0n) is 15.5. The molecule has 0 saturated carbocycles. The molecule has 0 radical (unpaired) electrons. The summed E-state index contributed by atoms with van der Waals surface area (Å²) in [6, 6.07) is 18.4. The average molecular weight is 395 g/mol. The van der Waals surface area contributed by atoms with Crippen molar-refractivity contribution >= 4 is 26.8 Å². The molecule has 3 aromatic carbocycles. The van der Waals surface area contributed by atoms with Crippen molar-refractivity contribution in [2.24, 2.45) is 5.92 Å². The molecule has 144 valence electrons. The maximum Gasteiger partial charge on any atom is 0.308 e. The Hall–Kier alpha value is -2.70. The van der Waals surface area contributed by atoms with E-state index in [1.807, 2.05) is 42.5 Å². The third kappa shape index (κ3) is 3.79. The lowest BCUT2D eigenvalue weighted by molar-refractivity contribution is -0.131. The molecule has 5 nitrogen and oxygen atoms in total. The lowest BCUT2D eigenvalue weighted by Gasteiger charge is -2.13. The van der Waals surface area contributed by atoms with E-state index in [4.69, 9.17) is 4.74 Å². The number of carbonyl (C=O) groups is 1. The van der Waals surface area contributed by atoms with Gasteiger partial charge in [-0.1, -0.05) is 42.5 Å². The summed E-state index contributed by atoms with van der Waals surface area (Å²) in [7, 11) is -3.61. The van der Waals surface area contributed by atoms with Crippen LogP contribution in [0.2, 0.25) is 0 Å². The number of benzene rings is 3. The maximum atomic E-state index is 12.9. The van der Waals surface area contributed by atoms with Crippen molar-refractivity contribution in [3.8, 4) is 5.75 Å². The second-order valence-corrected chi connectivity index (χ2v) is 8.86. The van der Waals surface area contributed by atoms with Crippen LogP contribution in [0.25, 0.3) is 10.8 Å². The number of esters is 1. The Balaban J connectivity index is 1.47. The second kappa shape index (κ2) is 7.37. The van der Waals surface area contributed by atoms with Crippen LogP contribution in [0, 0.1) is 5.92 Å². The van der Waals surface area contributed by atoms with Crippen LogP contribution in [0.3, 0.4) is 0 Å². The van der Waals surface area contributed by atoms with Gasteiger partial charge in [0.05, 0.1) is 4.90 Å². The fourth-order valence-corrected chi connectivity index (χ4v) is 5.14. The first-order valence-electron chi connectivity index (χ1n) is 9.20. The molecule has 3 aromatic rings.